The van der Waals surface area contributed by atoms with E-state index in [4.69, 9.17) is 4.74 Å². The van der Waals surface area contributed by atoms with Gasteiger partial charge in [0.2, 0.25) is 5.78 Å². The second-order valence-corrected chi connectivity index (χ2v) is 9.12. The number of quaternary nitrogens is 1. The maximum absolute atomic E-state index is 13.5. The number of nitrogens with zero attached hydrogens (tertiary/aromatic N) is 1. The van der Waals surface area contributed by atoms with Crippen molar-refractivity contribution in [2.75, 3.05) is 33.8 Å². The van der Waals surface area contributed by atoms with Gasteiger partial charge in [-0.15, -0.1) is 0 Å². The Labute approximate surface area is 196 Å². The summed E-state index contributed by atoms with van der Waals surface area (Å²) < 4.78 is 5.60. The molecule has 1 unspecified atom stereocenters. The van der Waals surface area contributed by atoms with Gasteiger partial charge in [0.15, 0.2) is 0 Å². The molecular formula is C27H34N2O4. The number of nitrogens with one attached hydrogen (secondary N) is 1. The molecule has 2 aromatic rings. The van der Waals surface area contributed by atoms with Gasteiger partial charge in [-0.25, -0.2) is 0 Å². The van der Waals surface area contributed by atoms with Crippen molar-refractivity contribution < 1.29 is 24.3 Å². The van der Waals surface area contributed by atoms with Crippen LogP contribution < -0.4 is 14.7 Å². The maximum atomic E-state index is 13.5. The Hall–Kier alpha value is -3.12. The number of likely N-dealkylation sites (tertiary alicyclic amines) is 1. The largest absolute Gasteiger partial charge is 0.872 e. The third-order valence-electron chi connectivity index (χ3n) is 5.89. The number of likely N-dealkylation sites (N-methyl/N-ethyl adjacent to an activating group) is 1. The van der Waals surface area contributed by atoms with Crippen LogP contribution in [0.1, 0.15) is 55.8 Å². The molecule has 6 nitrogen and oxygen atoms in total. The molecule has 0 saturated carbocycles. The molecule has 1 N–H and O–H groups in total. The molecule has 0 aliphatic carbocycles. The standard InChI is InChI=1S/C27H34N2O4/c1-6-17-33-22-13-11-21(12-14-22)25(30)23-24(20-9-7-19(8-10-20)18(2)3)29(16-15-28(4)5)27(32)26(23)31/h7-14,18,24,30H,6,15-17H2,1-5H3. The number of Topliss-reactive ketones (excluding diaryl/α,β-unsaturated/α-hetero) is 1. The Morgan fingerprint density at radius 1 is 1.06 bits per heavy atom. The van der Waals surface area contributed by atoms with Crippen molar-refractivity contribution in [1.29, 1.82) is 0 Å². The van der Waals surface area contributed by atoms with Crippen LogP contribution in [0.3, 0.4) is 0 Å². The number of carbonyl (C=O) groups excluding carboxylic acids is 2. The van der Waals surface area contributed by atoms with Crippen molar-refractivity contribution >= 4 is 17.4 Å². The first-order valence-corrected chi connectivity index (χ1v) is 11.6. The van der Waals surface area contributed by atoms with Crippen molar-refractivity contribution in [1.82, 2.24) is 4.90 Å². The van der Waals surface area contributed by atoms with Gasteiger partial charge in [0.05, 0.1) is 39.8 Å². The summed E-state index contributed by atoms with van der Waals surface area (Å²) >= 11 is 0. The van der Waals surface area contributed by atoms with Crippen LogP contribution in [0.5, 0.6) is 5.75 Å². The summed E-state index contributed by atoms with van der Waals surface area (Å²) in [6, 6.07) is 13.9. The second kappa shape index (κ2) is 10.7. The highest BCUT2D eigenvalue weighted by atomic mass is 16.5. The van der Waals surface area contributed by atoms with Crippen molar-refractivity contribution in [3.8, 4) is 5.75 Å². The van der Waals surface area contributed by atoms with Crippen LogP contribution >= 0.6 is 0 Å². The van der Waals surface area contributed by atoms with E-state index >= 15 is 0 Å². The molecule has 0 radical (unpaired) electrons. The SMILES string of the molecule is CCCOc1ccc(C([O-])=C2C(=O)C(=O)N(CC[NH+](C)C)C2c2ccc(C(C)C)cc2)cc1. The molecule has 33 heavy (non-hydrogen) atoms. The molecule has 176 valence electrons. The van der Waals surface area contributed by atoms with Crippen LogP contribution in [0.15, 0.2) is 54.1 Å². The van der Waals surface area contributed by atoms with E-state index in [1.54, 1.807) is 29.2 Å². The Morgan fingerprint density at radius 2 is 1.70 bits per heavy atom. The Morgan fingerprint density at radius 3 is 2.24 bits per heavy atom. The van der Waals surface area contributed by atoms with Gasteiger partial charge in [0, 0.05) is 5.57 Å². The zero-order valence-electron chi connectivity index (χ0n) is 20.2. The fraction of sp³-hybridized carbons (Fsp3) is 0.407. The third-order valence-corrected chi connectivity index (χ3v) is 5.89. The van der Waals surface area contributed by atoms with E-state index in [9.17, 15) is 14.7 Å². The molecule has 0 bridgehead atoms. The maximum Gasteiger partial charge on any atom is 0.295 e. The zero-order valence-corrected chi connectivity index (χ0v) is 20.2. The van der Waals surface area contributed by atoms with Gasteiger partial charge in [-0.2, -0.15) is 0 Å². The molecule has 1 amide bonds. The molecule has 2 aromatic carbocycles. The summed E-state index contributed by atoms with van der Waals surface area (Å²) in [5.74, 6) is -0.701. The van der Waals surface area contributed by atoms with Crippen LogP contribution in [0.4, 0.5) is 0 Å². The number of amides is 1. The van der Waals surface area contributed by atoms with Gasteiger partial charge in [-0.3, -0.25) is 9.59 Å². The van der Waals surface area contributed by atoms with E-state index in [1.807, 2.05) is 45.3 Å². The smallest absolute Gasteiger partial charge is 0.295 e. The first-order chi connectivity index (χ1) is 15.7. The molecular weight excluding hydrogens is 416 g/mol. The topological polar surface area (TPSA) is 74.1 Å². The summed E-state index contributed by atoms with van der Waals surface area (Å²) in [6.45, 7) is 7.90. The molecule has 1 fully saturated rings. The lowest BCUT2D eigenvalue weighted by molar-refractivity contribution is -0.857. The van der Waals surface area contributed by atoms with Crippen LogP contribution in [0.2, 0.25) is 0 Å². The molecule has 1 aliphatic heterocycles. The molecule has 0 aromatic heterocycles. The fourth-order valence-corrected chi connectivity index (χ4v) is 3.93. The van der Waals surface area contributed by atoms with Gasteiger partial charge in [-0.1, -0.05) is 62.9 Å². The quantitative estimate of drug-likeness (QED) is 0.360. The number of hydrogen-bond acceptors (Lipinski definition) is 4. The Bertz CT molecular complexity index is 1010. The first kappa shape index (κ1) is 24.5. The lowest BCUT2D eigenvalue weighted by atomic mass is 9.93. The minimum atomic E-state index is -0.710. The van der Waals surface area contributed by atoms with Gasteiger partial charge in [0.25, 0.3) is 5.91 Å². The van der Waals surface area contributed by atoms with Crippen LogP contribution in [0.25, 0.3) is 5.76 Å². The third kappa shape index (κ3) is 5.45. The number of carbonyl (C=O) groups is 2. The van der Waals surface area contributed by atoms with Crippen LogP contribution in [0, 0.1) is 0 Å². The molecule has 6 heteroatoms. The average Bonchev–Trinajstić information content (AvgIpc) is 3.06. The van der Waals surface area contributed by atoms with Gasteiger partial charge in [-0.05, 0) is 41.2 Å². The minimum Gasteiger partial charge on any atom is -0.872 e. The van der Waals surface area contributed by atoms with Crippen molar-refractivity contribution in [2.45, 2.75) is 39.2 Å². The van der Waals surface area contributed by atoms with Gasteiger partial charge < -0.3 is 19.6 Å². The predicted molar refractivity (Wildman–Crippen MR) is 127 cm³/mol. The Balaban J connectivity index is 2.05. The highest BCUT2D eigenvalue weighted by Gasteiger charge is 2.44. The summed E-state index contributed by atoms with van der Waals surface area (Å²) in [7, 11) is 3.99. The lowest BCUT2D eigenvalue weighted by Crippen LogP contribution is -3.06. The summed E-state index contributed by atoms with van der Waals surface area (Å²) in [5, 5.41) is 13.5. The zero-order chi connectivity index (χ0) is 24.1. The molecule has 1 atom stereocenters. The summed E-state index contributed by atoms with van der Waals surface area (Å²) in [6.07, 6.45) is 0.886. The first-order valence-electron chi connectivity index (χ1n) is 11.6. The van der Waals surface area contributed by atoms with E-state index in [0.717, 1.165) is 22.4 Å². The van der Waals surface area contributed by atoms with Crippen LogP contribution in [-0.2, 0) is 9.59 Å². The summed E-state index contributed by atoms with van der Waals surface area (Å²) in [5.41, 5.74) is 2.33. The van der Waals surface area contributed by atoms with Crippen LogP contribution in [-0.4, -0.2) is 50.4 Å². The molecule has 3 rings (SSSR count). The number of hydrogen-bond donors (Lipinski definition) is 1. The average molecular weight is 451 g/mol. The molecule has 1 aliphatic rings. The van der Waals surface area contributed by atoms with Gasteiger partial charge in [0.1, 0.15) is 5.75 Å². The second-order valence-electron chi connectivity index (χ2n) is 9.12. The number of benzene rings is 2. The van der Waals surface area contributed by atoms with E-state index in [2.05, 4.69) is 13.8 Å². The van der Waals surface area contributed by atoms with Gasteiger partial charge >= 0.3 is 0 Å². The number of rotatable bonds is 9. The van der Waals surface area contributed by atoms with E-state index in [0.29, 0.717) is 36.9 Å². The minimum absolute atomic E-state index is 0.0216. The van der Waals surface area contributed by atoms with E-state index in [-0.39, 0.29) is 5.57 Å². The fourth-order valence-electron chi connectivity index (χ4n) is 3.93. The lowest BCUT2D eigenvalue weighted by Gasteiger charge is -2.28. The van der Waals surface area contributed by atoms with Crippen molar-refractivity contribution in [2.24, 2.45) is 0 Å². The normalized spacial score (nSPS) is 17.9. The highest BCUT2D eigenvalue weighted by Crippen LogP contribution is 2.38. The van der Waals surface area contributed by atoms with Crippen molar-refractivity contribution in [3.63, 3.8) is 0 Å². The summed E-state index contributed by atoms with van der Waals surface area (Å²) in [4.78, 5) is 28.7. The monoisotopic (exact) mass is 450 g/mol. The number of ketones is 1. The predicted octanol–water partition coefficient (Wildman–Crippen LogP) is 1.97. The molecule has 1 saturated heterocycles. The Kier molecular flexibility index (Phi) is 7.92. The van der Waals surface area contributed by atoms with E-state index in [1.165, 1.54) is 0 Å². The van der Waals surface area contributed by atoms with Crippen molar-refractivity contribution in [3.05, 3.63) is 70.8 Å². The van der Waals surface area contributed by atoms with E-state index < -0.39 is 23.5 Å². The number of ether oxygens (including phenoxy) is 1. The molecule has 1 heterocycles. The molecule has 0 spiro atoms. The highest BCUT2D eigenvalue weighted by molar-refractivity contribution is 6.46.